The van der Waals surface area contributed by atoms with Crippen LogP contribution in [0.15, 0.2) is 24.3 Å². The molecule has 0 aliphatic rings. The lowest BCUT2D eigenvalue weighted by atomic mass is 10.1. The smallest absolute Gasteiger partial charge is 0.186 e. The van der Waals surface area contributed by atoms with Crippen LogP contribution in [0.2, 0.25) is 0 Å². The summed E-state index contributed by atoms with van der Waals surface area (Å²) in [5.74, 6) is 0. The van der Waals surface area contributed by atoms with Gasteiger partial charge in [-0.15, -0.1) is 5.10 Å². The second-order valence-electron chi connectivity index (χ2n) is 4.49. The topological polar surface area (TPSA) is 54.5 Å². The molecule has 0 fully saturated rings. The highest BCUT2D eigenvalue weighted by Gasteiger charge is 2.15. The minimum atomic E-state index is 0.444. The zero-order valence-corrected chi connectivity index (χ0v) is 11.4. The van der Waals surface area contributed by atoms with E-state index in [-0.39, 0.29) is 0 Å². The van der Waals surface area contributed by atoms with Crippen molar-refractivity contribution in [3.8, 4) is 11.8 Å². The first-order valence-electron chi connectivity index (χ1n) is 6.74. The van der Waals surface area contributed by atoms with Crippen molar-refractivity contribution in [2.75, 3.05) is 0 Å². The van der Waals surface area contributed by atoms with Gasteiger partial charge < -0.3 is 0 Å². The number of para-hydroxylation sites is 1. The van der Waals surface area contributed by atoms with E-state index in [1.807, 2.05) is 22.9 Å². The Labute approximate surface area is 113 Å². The van der Waals surface area contributed by atoms with Gasteiger partial charge in [0.2, 0.25) is 0 Å². The molecular formula is C15H18N4. The van der Waals surface area contributed by atoms with Crippen molar-refractivity contribution in [1.82, 2.24) is 15.0 Å². The highest BCUT2D eigenvalue weighted by atomic mass is 15.4. The highest BCUT2D eigenvalue weighted by Crippen LogP contribution is 2.19. The lowest BCUT2D eigenvalue weighted by Crippen LogP contribution is -2.06. The molecule has 4 heteroatoms. The molecule has 0 unspecified atom stereocenters. The van der Waals surface area contributed by atoms with E-state index in [4.69, 9.17) is 5.26 Å². The monoisotopic (exact) mass is 254 g/mol. The van der Waals surface area contributed by atoms with E-state index >= 15 is 0 Å². The van der Waals surface area contributed by atoms with Crippen molar-refractivity contribution in [3.63, 3.8) is 0 Å². The Hall–Kier alpha value is -2.15. The summed E-state index contributed by atoms with van der Waals surface area (Å²) >= 11 is 0. The summed E-state index contributed by atoms with van der Waals surface area (Å²) in [6.07, 6.45) is 3.90. The molecule has 0 spiro atoms. The van der Waals surface area contributed by atoms with Crippen LogP contribution in [0.25, 0.3) is 5.69 Å². The molecule has 0 amide bonds. The number of hydrogen-bond donors (Lipinski definition) is 0. The molecular weight excluding hydrogens is 236 g/mol. The van der Waals surface area contributed by atoms with E-state index in [1.165, 1.54) is 5.56 Å². The molecule has 0 aliphatic heterocycles. The number of unbranched alkanes of at least 4 members (excludes halogenated alkanes) is 1. The first kappa shape index (κ1) is 13.3. The van der Waals surface area contributed by atoms with E-state index in [0.29, 0.717) is 5.69 Å². The maximum atomic E-state index is 9.14. The third-order valence-electron chi connectivity index (χ3n) is 3.24. The molecule has 2 rings (SSSR count). The van der Waals surface area contributed by atoms with Gasteiger partial charge in [-0.25, -0.2) is 4.68 Å². The van der Waals surface area contributed by atoms with E-state index in [0.717, 1.165) is 37.1 Å². The van der Waals surface area contributed by atoms with Gasteiger partial charge in [-0.2, -0.15) is 5.26 Å². The highest BCUT2D eigenvalue weighted by molar-refractivity contribution is 5.43. The summed E-state index contributed by atoms with van der Waals surface area (Å²) in [5, 5.41) is 17.3. The number of rotatable bonds is 5. The fourth-order valence-corrected chi connectivity index (χ4v) is 2.17. The van der Waals surface area contributed by atoms with E-state index in [2.05, 4.69) is 36.3 Å². The van der Waals surface area contributed by atoms with Gasteiger partial charge in [-0.1, -0.05) is 43.7 Å². The second kappa shape index (κ2) is 6.14. The van der Waals surface area contributed by atoms with Crippen molar-refractivity contribution in [3.05, 3.63) is 41.2 Å². The summed E-state index contributed by atoms with van der Waals surface area (Å²) in [7, 11) is 0. The van der Waals surface area contributed by atoms with Gasteiger partial charge >= 0.3 is 0 Å². The molecule has 0 atom stereocenters. The molecule has 19 heavy (non-hydrogen) atoms. The van der Waals surface area contributed by atoms with E-state index in [1.54, 1.807) is 0 Å². The molecule has 0 saturated carbocycles. The molecule has 98 valence electrons. The minimum absolute atomic E-state index is 0.444. The van der Waals surface area contributed by atoms with Gasteiger partial charge in [0.15, 0.2) is 5.69 Å². The van der Waals surface area contributed by atoms with Crippen LogP contribution in [-0.2, 0) is 12.8 Å². The number of nitrogens with zero attached hydrogens (tertiary/aromatic N) is 4. The molecule has 1 aromatic heterocycles. The van der Waals surface area contributed by atoms with Crippen molar-refractivity contribution in [2.45, 2.75) is 39.5 Å². The lowest BCUT2D eigenvalue weighted by Gasteiger charge is -2.10. The van der Waals surface area contributed by atoms with Crippen LogP contribution in [0.4, 0.5) is 0 Å². The van der Waals surface area contributed by atoms with E-state index < -0.39 is 0 Å². The number of aromatic nitrogens is 3. The zero-order valence-electron chi connectivity index (χ0n) is 11.4. The molecule has 4 nitrogen and oxygen atoms in total. The average molecular weight is 254 g/mol. The summed E-state index contributed by atoms with van der Waals surface area (Å²) in [5.41, 5.74) is 3.62. The van der Waals surface area contributed by atoms with Crippen LogP contribution in [0.1, 0.15) is 43.6 Å². The van der Waals surface area contributed by atoms with Crippen LogP contribution < -0.4 is 0 Å². The molecule has 2 aromatic rings. The fraction of sp³-hybridized carbons (Fsp3) is 0.400. The molecule has 0 radical (unpaired) electrons. The Balaban J connectivity index is 2.50. The number of aryl methyl sites for hydroxylation is 1. The summed E-state index contributed by atoms with van der Waals surface area (Å²) in [6.45, 7) is 4.26. The van der Waals surface area contributed by atoms with Gasteiger partial charge in [0.25, 0.3) is 0 Å². The molecule has 0 saturated heterocycles. The van der Waals surface area contributed by atoms with Crippen molar-refractivity contribution < 1.29 is 0 Å². The second-order valence-corrected chi connectivity index (χ2v) is 4.49. The normalized spacial score (nSPS) is 10.4. The quantitative estimate of drug-likeness (QED) is 0.824. The average Bonchev–Trinajstić information content (AvgIpc) is 2.87. The molecule has 0 bridgehead atoms. The van der Waals surface area contributed by atoms with Crippen molar-refractivity contribution in [2.24, 2.45) is 0 Å². The first-order chi connectivity index (χ1) is 9.31. The Kier molecular flexibility index (Phi) is 4.30. The van der Waals surface area contributed by atoms with Gasteiger partial charge in [-0.05, 0) is 30.9 Å². The first-order valence-corrected chi connectivity index (χ1v) is 6.74. The van der Waals surface area contributed by atoms with Gasteiger partial charge in [0.05, 0.1) is 11.4 Å². The van der Waals surface area contributed by atoms with Crippen LogP contribution >= 0.6 is 0 Å². The van der Waals surface area contributed by atoms with Gasteiger partial charge in [0, 0.05) is 0 Å². The summed E-state index contributed by atoms with van der Waals surface area (Å²) in [4.78, 5) is 0. The Bertz CT molecular complexity index is 592. The van der Waals surface area contributed by atoms with Gasteiger partial charge in [0.1, 0.15) is 6.07 Å². The third-order valence-corrected chi connectivity index (χ3v) is 3.24. The van der Waals surface area contributed by atoms with Crippen LogP contribution in [0.3, 0.4) is 0 Å². The van der Waals surface area contributed by atoms with Crippen molar-refractivity contribution in [1.29, 1.82) is 5.26 Å². The molecule has 1 aromatic carbocycles. The minimum Gasteiger partial charge on any atom is -0.216 e. The van der Waals surface area contributed by atoms with Crippen LogP contribution in [0, 0.1) is 11.3 Å². The number of benzene rings is 1. The predicted molar refractivity (Wildman–Crippen MR) is 74.1 cm³/mol. The Morgan fingerprint density at radius 3 is 2.74 bits per heavy atom. The van der Waals surface area contributed by atoms with Gasteiger partial charge in [-0.3, -0.25) is 0 Å². The summed E-state index contributed by atoms with van der Waals surface area (Å²) < 4.78 is 1.83. The van der Waals surface area contributed by atoms with Crippen LogP contribution in [-0.4, -0.2) is 15.0 Å². The lowest BCUT2D eigenvalue weighted by molar-refractivity contribution is 0.711. The standard InChI is InChI=1S/C15H18N4/c1-3-5-9-15-13(11-16)17-18-19(15)14-10-7-6-8-12(14)4-2/h6-8,10H,3-5,9H2,1-2H3. The molecule has 0 N–H and O–H groups in total. The van der Waals surface area contributed by atoms with Crippen LogP contribution in [0.5, 0.6) is 0 Å². The largest absolute Gasteiger partial charge is 0.216 e. The third kappa shape index (κ3) is 2.65. The Morgan fingerprint density at radius 2 is 2.05 bits per heavy atom. The zero-order chi connectivity index (χ0) is 13.7. The van der Waals surface area contributed by atoms with Crippen molar-refractivity contribution >= 4 is 0 Å². The predicted octanol–water partition coefficient (Wildman–Crippen LogP) is 3.04. The fourth-order valence-electron chi connectivity index (χ4n) is 2.17. The Morgan fingerprint density at radius 1 is 1.26 bits per heavy atom. The SMILES string of the molecule is CCCCc1c(C#N)nnn1-c1ccccc1CC. The van der Waals surface area contributed by atoms with E-state index in [9.17, 15) is 0 Å². The number of nitriles is 1. The molecule has 0 aliphatic carbocycles. The summed E-state index contributed by atoms with van der Waals surface area (Å²) in [6, 6.07) is 10.3. The maximum Gasteiger partial charge on any atom is 0.186 e. The number of hydrogen-bond acceptors (Lipinski definition) is 3. The molecule has 1 heterocycles. The maximum absolute atomic E-state index is 9.14.